The van der Waals surface area contributed by atoms with Gasteiger partial charge in [-0.25, -0.2) is 4.79 Å². The number of hydrogen-bond acceptors (Lipinski definition) is 4. The summed E-state index contributed by atoms with van der Waals surface area (Å²) >= 11 is 10.0. The first-order chi connectivity index (χ1) is 9.88. The summed E-state index contributed by atoms with van der Waals surface area (Å²) in [5.41, 5.74) is -0.0868. The van der Waals surface area contributed by atoms with Crippen LogP contribution >= 0.6 is 39.3 Å². The highest BCUT2D eigenvalue weighted by molar-refractivity contribution is 9.10. The van der Waals surface area contributed by atoms with Gasteiger partial charge in [0.25, 0.3) is 5.69 Å². The van der Waals surface area contributed by atoms with Crippen LogP contribution in [0.2, 0.25) is 5.02 Å². The van der Waals surface area contributed by atoms with Crippen LogP contribution in [0.3, 0.4) is 0 Å². The average Bonchev–Trinajstić information content (AvgIpc) is 2.40. The van der Waals surface area contributed by atoms with Crippen molar-refractivity contribution in [1.82, 2.24) is 0 Å². The minimum Gasteiger partial charge on any atom is -0.478 e. The number of carboxylic acids is 1. The number of benzene rings is 2. The van der Waals surface area contributed by atoms with Gasteiger partial charge in [-0.05, 0) is 30.3 Å². The first-order valence-corrected chi connectivity index (χ1v) is 7.52. The van der Waals surface area contributed by atoms with Crippen LogP contribution in [0.4, 0.5) is 5.69 Å². The maximum atomic E-state index is 11.2. The zero-order valence-corrected chi connectivity index (χ0v) is 13.4. The Morgan fingerprint density at radius 3 is 2.57 bits per heavy atom. The van der Waals surface area contributed by atoms with E-state index in [4.69, 9.17) is 11.6 Å². The van der Waals surface area contributed by atoms with Gasteiger partial charge in [0.1, 0.15) is 0 Å². The molecule has 0 amide bonds. The van der Waals surface area contributed by atoms with E-state index in [0.29, 0.717) is 14.3 Å². The molecule has 0 bridgehead atoms. The molecule has 0 spiro atoms. The lowest BCUT2D eigenvalue weighted by atomic mass is 10.2. The van der Waals surface area contributed by atoms with Gasteiger partial charge in [0.2, 0.25) is 0 Å². The second kappa shape index (κ2) is 6.46. The molecule has 0 unspecified atom stereocenters. The van der Waals surface area contributed by atoms with E-state index in [9.17, 15) is 20.0 Å². The molecule has 2 aromatic carbocycles. The van der Waals surface area contributed by atoms with Crippen LogP contribution in [0.25, 0.3) is 0 Å². The fraction of sp³-hybridized carbons (Fsp3) is 0. The Hall–Kier alpha value is -1.57. The molecule has 0 saturated carbocycles. The van der Waals surface area contributed by atoms with E-state index in [-0.39, 0.29) is 16.3 Å². The molecule has 0 atom stereocenters. The van der Waals surface area contributed by atoms with Gasteiger partial charge in [-0.1, -0.05) is 39.3 Å². The lowest BCUT2D eigenvalue weighted by Crippen LogP contribution is -1.99. The highest BCUT2D eigenvalue weighted by Gasteiger charge is 2.18. The smallest absolute Gasteiger partial charge is 0.336 e. The van der Waals surface area contributed by atoms with Gasteiger partial charge >= 0.3 is 5.97 Å². The summed E-state index contributed by atoms with van der Waals surface area (Å²) in [6.07, 6.45) is 0. The molecule has 0 aromatic heterocycles. The van der Waals surface area contributed by atoms with E-state index in [1.165, 1.54) is 24.3 Å². The molecule has 0 aliphatic rings. The summed E-state index contributed by atoms with van der Waals surface area (Å²) < 4.78 is 0.687. The minimum absolute atomic E-state index is 0.0763. The fourth-order valence-electron chi connectivity index (χ4n) is 1.60. The zero-order valence-electron chi connectivity index (χ0n) is 10.2. The molecule has 0 radical (unpaired) electrons. The van der Waals surface area contributed by atoms with E-state index >= 15 is 0 Å². The summed E-state index contributed by atoms with van der Waals surface area (Å²) in [6, 6.07) is 8.90. The van der Waals surface area contributed by atoms with E-state index in [0.717, 1.165) is 11.8 Å². The number of halogens is 2. The largest absolute Gasteiger partial charge is 0.478 e. The van der Waals surface area contributed by atoms with Crippen molar-refractivity contribution in [3.8, 4) is 0 Å². The Kier molecular flexibility index (Phi) is 4.87. The number of aromatic carboxylic acids is 1. The Bertz CT molecular complexity index is 738. The summed E-state index contributed by atoms with van der Waals surface area (Å²) in [6.45, 7) is 0. The number of nitro groups is 1. The fourth-order valence-corrected chi connectivity index (χ4v) is 3.34. The maximum absolute atomic E-state index is 11.2. The van der Waals surface area contributed by atoms with Gasteiger partial charge < -0.3 is 5.11 Å². The number of carboxylic acid groups (broad SMARTS) is 1. The summed E-state index contributed by atoms with van der Waals surface area (Å²) in [4.78, 5) is 22.5. The maximum Gasteiger partial charge on any atom is 0.336 e. The van der Waals surface area contributed by atoms with Crippen molar-refractivity contribution in [2.45, 2.75) is 9.79 Å². The zero-order chi connectivity index (χ0) is 15.6. The molecular formula is C13H7BrClNO4S. The molecule has 0 heterocycles. The highest BCUT2D eigenvalue weighted by atomic mass is 79.9. The van der Waals surface area contributed by atoms with E-state index in [1.807, 2.05) is 0 Å². The third-order valence-corrected chi connectivity index (χ3v) is 4.36. The molecule has 2 aromatic rings. The van der Waals surface area contributed by atoms with Crippen LogP contribution in [0.5, 0.6) is 0 Å². The number of nitrogens with zero attached hydrogens (tertiary/aromatic N) is 1. The number of carbonyl (C=O) groups is 1. The van der Waals surface area contributed by atoms with Crippen molar-refractivity contribution in [2.75, 3.05) is 0 Å². The number of hydrogen-bond donors (Lipinski definition) is 1. The van der Waals surface area contributed by atoms with Gasteiger partial charge in [-0.2, -0.15) is 0 Å². The van der Waals surface area contributed by atoms with Crippen molar-refractivity contribution < 1.29 is 14.8 Å². The van der Waals surface area contributed by atoms with Crippen molar-refractivity contribution in [1.29, 1.82) is 0 Å². The van der Waals surface area contributed by atoms with Crippen molar-refractivity contribution in [2.24, 2.45) is 0 Å². The Labute approximate surface area is 137 Å². The quantitative estimate of drug-likeness (QED) is 0.597. The van der Waals surface area contributed by atoms with Gasteiger partial charge in [0.15, 0.2) is 0 Å². The monoisotopic (exact) mass is 387 g/mol. The van der Waals surface area contributed by atoms with E-state index in [2.05, 4.69) is 15.9 Å². The van der Waals surface area contributed by atoms with Crippen molar-refractivity contribution in [3.63, 3.8) is 0 Å². The molecule has 0 saturated heterocycles. The third kappa shape index (κ3) is 3.75. The first kappa shape index (κ1) is 15.8. The predicted octanol–water partition coefficient (Wildman–Crippen LogP) is 4.86. The van der Waals surface area contributed by atoms with Crippen LogP contribution in [0.15, 0.2) is 50.7 Å². The number of rotatable bonds is 4. The summed E-state index contributed by atoms with van der Waals surface area (Å²) in [5.74, 6) is -1.10. The lowest BCUT2D eigenvalue weighted by Gasteiger charge is -2.07. The Balaban J connectivity index is 2.50. The molecule has 21 heavy (non-hydrogen) atoms. The molecule has 2 rings (SSSR count). The molecule has 0 aliphatic heterocycles. The lowest BCUT2D eigenvalue weighted by molar-refractivity contribution is -0.387. The average molecular weight is 389 g/mol. The number of nitro benzene ring substituents is 1. The van der Waals surface area contributed by atoms with Gasteiger partial charge in [-0.3, -0.25) is 10.1 Å². The Morgan fingerprint density at radius 1 is 1.24 bits per heavy atom. The molecular weight excluding hydrogens is 382 g/mol. The molecule has 0 aliphatic carbocycles. The second-order valence-corrected chi connectivity index (χ2v) is 6.35. The van der Waals surface area contributed by atoms with Gasteiger partial charge in [0.05, 0.1) is 15.4 Å². The second-order valence-electron chi connectivity index (χ2n) is 3.92. The van der Waals surface area contributed by atoms with Crippen LogP contribution in [-0.2, 0) is 0 Å². The third-order valence-electron chi connectivity index (χ3n) is 2.51. The topological polar surface area (TPSA) is 80.4 Å². The molecule has 108 valence electrons. The first-order valence-electron chi connectivity index (χ1n) is 5.53. The standard InChI is InChI=1S/C13H7BrClNO4S/c14-7-1-3-9(13(17)18)12(5-7)21-11-4-2-8(15)6-10(11)16(19)20/h1-6H,(H,17,18). The van der Waals surface area contributed by atoms with Crippen LogP contribution < -0.4 is 0 Å². The van der Waals surface area contributed by atoms with Crippen LogP contribution in [0, 0.1) is 10.1 Å². The van der Waals surface area contributed by atoms with Crippen molar-refractivity contribution >= 4 is 50.9 Å². The van der Waals surface area contributed by atoms with E-state index < -0.39 is 10.9 Å². The van der Waals surface area contributed by atoms with Gasteiger partial charge in [0, 0.05) is 20.5 Å². The molecule has 1 N–H and O–H groups in total. The normalized spacial score (nSPS) is 10.4. The molecule has 8 heteroatoms. The van der Waals surface area contributed by atoms with Crippen LogP contribution in [-0.4, -0.2) is 16.0 Å². The molecule has 5 nitrogen and oxygen atoms in total. The summed E-state index contributed by atoms with van der Waals surface area (Å²) in [7, 11) is 0. The summed E-state index contributed by atoms with van der Waals surface area (Å²) in [5, 5.41) is 20.5. The SMILES string of the molecule is O=C(O)c1ccc(Br)cc1Sc1ccc(Cl)cc1[N+](=O)[O-]. The minimum atomic E-state index is -1.10. The predicted molar refractivity (Wildman–Crippen MR) is 83.3 cm³/mol. The van der Waals surface area contributed by atoms with Gasteiger partial charge in [-0.15, -0.1) is 0 Å². The van der Waals surface area contributed by atoms with Crippen molar-refractivity contribution in [3.05, 3.63) is 61.6 Å². The highest BCUT2D eigenvalue weighted by Crippen LogP contribution is 2.38. The van der Waals surface area contributed by atoms with E-state index in [1.54, 1.807) is 12.1 Å². The Morgan fingerprint density at radius 2 is 1.95 bits per heavy atom. The molecule has 0 fully saturated rings. The van der Waals surface area contributed by atoms with Crippen LogP contribution in [0.1, 0.15) is 10.4 Å².